The van der Waals surface area contributed by atoms with E-state index < -0.39 is 24.5 Å². The van der Waals surface area contributed by atoms with E-state index in [4.69, 9.17) is 9.84 Å². The third kappa shape index (κ3) is 11.2. The van der Waals surface area contributed by atoms with Crippen LogP contribution in [0.3, 0.4) is 0 Å². The minimum atomic E-state index is -0.689. The number of carbonyl (C=O) groups is 3. The maximum atomic E-state index is 12.1. The third-order valence-electron chi connectivity index (χ3n) is 4.60. The fourth-order valence-electron chi connectivity index (χ4n) is 3.03. The number of nitrogens with one attached hydrogen (secondary N) is 2. The topological polar surface area (TPSA) is 105 Å². The van der Waals surface area contributed by atoms with Crippen LogP contribution in [0.2, 0.25) is 0 Å². The van der Waals surface area contributed by atoms with E-state index in [1.54, 1.807) is 0 Å². The summed E-state index contributed by atoms with van der Waals surface area (Å²) >= 11 is 0. The van der Waals surface area contributed by atoms with Crippen molar-refractivity contribution >= 4 is 17.8 Å². The van der Waals surface area contributed by atoms with Crippen molar-refractivity contribution in [1.82, 2.24) is 10.6 Å². The van der Waals surface area contributed by atoms with E-state index in [-0.39, 0.29) is 18.4 Å². The molecule has 0 spiro atoms. The van der Waals surface area contributed by atoms with Gasteiger partial charge in [-0.25, -0.2) is 4.79 Å². The van der Waals surface area contributed by atoms with E-state index in [0.717, 1.165) is 18.4 Å². The zero-order valence-corrected chi connectivity index (χ0v) is 17.5. The third-order valence-corrected chi connectivity index (χ3v) is 4.60. The molecule has 3 N–H and O–H groups in total. The van der Waals surface area contributed by atoms with Gasteiger partial charge in [0.05, 0.1) is 6.04 Å². The molecule has 2 amide bonds. The molecular weight excluding hydrogens is 372 g/mol. The first-order chi connectivity index (χ1) is 14.0. The number of ether oxygens (including phenoxy) is 1. The van der Waals surface area contributed by atoms with Gasteiger partial charge in [-0.3, -0.25) is 9.59 Å². The maximum absolute atomic E-state index is 12.1. The first-order valence-electron chi connectivity index (χ1n) is 10.3. The van der Waals surface area contributed by atoms with Crippen molar-refractivity contribution in [1.29, 1.82) is 0 Å². The van der Waals surface area contributed by atoms with Crippen LogP contribution in [0, 0.1) is 5.92 Å². The van der Waals surface area contributed by atoms with Crippen molar-refractivity contribution in [2.45, 2.75) is 65.0 Å². The van der Waals surface area contributed by atoms with Gasteiger partial charge in [-0.2, -0.15) is 0 Å². The van der Waals surface area contributed by atoms with E-state index in [2.05, 4.69) is 17.6 Å². The molecule has 29 heavy (non-hydrogen) atoms. The summed E-state index contributed by atoms with van der Waals surface area (Å²) in [4.78, 5) is 35.7. The summed E-state index contributed by atoms with van der Waals surface area (Å²) in [5.74, 6) is -0.298. The van der Waals surface area contributed by atoms with Gasteiger partial charge < -0.3 is 20.5 Å². The number of alkyl carbamates (subject to hydrolysis) is 1. The Morgan fingerprint density at radius 1 is 1.10 bits per heavy atom. The van der Waals surface area contributed by atoms with Crippen LogP contribution < -0.4 is 10.6 Å². The Morgan fingerprint density at radius 2 is 1.83 bits per heavy atom. The zero-order valence-electron chi connectivity index (χ0n) is 17.5. The summed E-state index contributed by atoms with van der Waals surface area (Å²) in [6.07, 6.45) is 3.53. The highest BCUT2D eigenvalue weighted by Crippen LogP contribution is 2.10. The second-order valence-corrected chi connectivity index (χ2v) is 7.33. The highest BCUT2D eigenvalue weighted by atomic mass is 16.5. The molecule has 2 atom stereocenters. The molecule has 0 heterocycles. The molecule has 1 rings (SSSR count). The lowest BCUT2D eigenvalue weighted by Crippen LogP contribution is -2.42. The fourth-order valence-corrected chi connectivity index (χ4v) is 3.03. The van der Waals surface area contributed by atoms with Gasteiger partial charge in [0.15, 0.2) is 5.78 Å². The molecule has 1 aromatic carbocycles. The normalized spacial score (nSPS) is 12.7. The van der Waals surface area contributed by atoms with Crippen molar-refractivity contribution in [2.75, 3.05) is 13.2 Å². The fraction of sp³-hybridized carbons (Fsp3) is 0.591. The number of rotatable bonds is 14. The summed E-state index contributed by atoms with van der Waals surface area (Å²) in [7, 11) is 0. The number of benzene rings is 1. The van der Waals surface area contributed by atoms with Crippen molar-refractivity contribution in [3.63, 3.8) is 0 Å². The smallest absolute Gasteiger partial charge is 0.407 e. The molecule has 0 fully saturated rings. The van der Waals surface area contributed by atoms with Gasteiger partial charge in [-0.15, -0.1) is 0 Å². The Morgan fingerprint density at radius 3 is 2.48 bits per heavy atom. The van der Waals surface area contributed by atoms with Crippen LogP contribution in [0.5, 0.6) is 0 Å². The molecule has 162 valence electrons. The number of Topliss-reactive ketones (excluding diaryl/α,β-unsaturated/α-hetero) is 1. The van der Waals surface area contributed by atoms with Crippen molar-refractivity contribution in [3.05, 3.63) is 35.9 Å². The summed E-state index contributed by atoms with van der Waals surface area (Å²) in [6.45, 7) is 4.10. The average Bonchev–Trinajstić information content (AvgIpc) is 2.71. The van der Waals surface area contributed by atoms with Crippen LogP contribution >= 0.6 is 0 Å². The molecule has 0 bridgehead atoms. The molecule has 0 saturated carbocycles. The summed E-state index contributed by atoms with van der Waals surface area (Å²) in [5, 5.41) is 14.5. The molecular formula is C22H34N2O5. The quantitative estimate of drug-likeness (QED) is 0.412. The van der Waals surface area contributed by atoms with Crippen LogP contribution in [0.15, 0.2) is 30.3 Å². The lowest BCUT2D eigenvalue weighted by molar-refractivity contribution is -0.129. The molecule has 1 aromatic rings. The Kier molecular flexibility index (Phi) is 12.4. The molecule has 0 aromatic heterocycles. The number of aliphatic hydroxyl groups is 1. The molecule has 0 aliphatic carbocycles. The summed E-state index contributed by atoms with van der Waals surface area (Å²) in [6, 6.07) is 8.72. The number of unbranched alkanes of at least 4 members (excludes halogenated alkanes) is 1. The Bertz CT molecular complexity index is 621. The van der Waals surface area contributed by atoms with Gasteiger partial charge in [-0.05, 0) is 30.7 Å². The van der Waals surface area contributed by atoms with Crippen LogP contribution in [0.1, 0.15) is 57.9 Å². The van der Waals surface area contributed by atoms with Gasteiger partial charge in [0.2, 0.25) is 5.91 Å². The van der Waals surface area contributed by atoms with E-state index in [0.29, 0.717) is 32.2 Å². The van der Waals surface area contributed by atoms with E-state index >= 15 is 0 Å². The Hall–Kier alpha value is -2.41. The minimum Gasteiger partial charge on any atom is -0.445 e. The zero-order chi connectivity index (χ0) is 21.5. The highest BCUT2D eigenvalue weighted by molar-refractivity contribution is 5.89. The van der Waals surface area contributed by atoms with Crippen molar-refractivity contribution < 1.29 is 24.2 Å². The predicted octanol–water partition coefficient (Wildman–Crippen LogP) is 2.96. The lowest BCUT2D eigenvalue weighted by Gasteiger charge is -2.18. The Balaban J connectivity index is 2.25. The number of amides is 2. The first kappa shape index (κ1) is 24.6. The second kappa shape index (κ2) is 14.6. The second-order valence-electron chi connectivity index (χ2n) is 7.33. The van der Waals surface area contributed by atoms with E-state index in [1.807, 2.05) is 37.3 Å². The van der Waals surface area contributed by atoms with Gasteiger partial charge in [-0.1, -0.05) is 57.0 Å². The van der Waals surface area contributed by atoms with Gasteiger partial charge in [0.25, 0.3) is 0 Å². The van der Waals surface area contributed by atoms with Crippen molar-refractivity contribution in [2.24, 2.45) is 5.92 Å². The number of aliphatic hydroxyl groups excluding tert-OH is 1. The summed E-state index contributed by atoms with van der Waals surface area (Å²) in [5.41, 5.74) is 0.914. The van der Waals surface area contributed by atoms with Crippen LogP contribution in [0.4, 0.5) is 4.79 Å². The monoisotopic (exact) mass is 406 g/mol. The van der Waals surface area contributed by atoms with E-state index in [9.17, 15) is 14.4 Å². The SMILES string of the molecule is CCCC(C)CC(=O)NC(CCCCNC(=O)OCc1ccccc1)C(=O)CO. The molecule has 7 heteroatoms. The molecule has 7 nitrogen and oxygen atoms in total. The molecule has 0 aliphatic rings. The molecule has 0 radical (unpaired) electrons. The average molecular weight is 407 g/mol. The van der Waals surface area contributed by atoms with E-state index in [1.165, 1.54) is 0 Å². The highest BCUT2D eigenvalue weighted by Gasteiger charge is 2.20. The minimum absolute atomic E-state index is 0.166. The predicted molar refractivity (Wildman–Crippen MR) is 111 cm³/mol. The largest absolute Gasteiger partial charge is 0.445 e. The Labute approximate surface area is 173 Å². The van der Waals surface area contributed by atoms with Crippen LogP contribution in [-0.2, 0) is 20.9 Å². The lowest BCUT2D eigenvalue weighted by atomic mass is 10.0. The summed E-state index contributed by atoms with van der Waals surface area (Å²) < 4.78 is 5.13. The maximum Gasteiger partial charge on any atom is 0.407 e. The number of hydrogen-bond acceptors (Lipinski definition) is 5. The van der Waals surface area contributed by atoms with Gasteiger partial charge in [0.1, 0.15) is 13.2 Å². The number of carbonyl (C=O) groups excluding carboxylic acids is 3. The van der Waals surface area contributed by atoms with Crippen molar-refractivity contribution in [3.8, 4) is 0 Å². The van der Waals surface area contributed by atoms with Gasteiger partial charge in [0, 0.05) is 13.0 Å². The number of ketones is 1. The van der Waals surface area contributed by atoms with Crippen LogP contribution in [0.25, 0.3) is 0 Å². The standard InChI is InChI=1S/C22H34N2O5/c1-3-9-17(2)14-21(27)24-19(20(26)15-25)12-7-8-13-23-22(28)29-16-18-10-5-4-6-11-18/h4-6,10-11,17,19,25H,3,7-9,12-16H2,1-2H3,(H,23,28)(H,24,27). The molecule has 2 unspecified atom stereocenters. The molecule has 0 aliphatic heterocycles. The molecule has 0 saturated heterocycles. The van der Waals surface area contributed by atoms with Crippen LogP contribution in [-0.4, -0.2) is 42.1 Å². The van der Waals surface area contributed by atoms with Gasteiger partial charge >= 0.3 is 6.09 Å². The first-order valence-corrected chi connectivity index (χ1v) is 10.3. The number of hydrogen-bond donors (Lipinski definition) is 3.